The normalized spacial score (nSPS) is 14.7. The van der Waals surface area contributed by atoms with E-state index in [1.54, 1.807) is 13.1 Å². The zero-order chi connectivity index (χ0) is 15.8. The van der Waals surface area contributed by atoms with E-state index in [0.29, 0.717) is 24.4 Å². The summed E-state index contributed by atoms with van der Waals surface area (Å²) in [6.45, 7) is 2.60. The van der Waals surface area contributed by atoms with Crippen LogP contribution in [0.5, 0.6) is 0 Å². The molecule has 0 atom stereocenters. The van der Waals surface area contributed by atoms with E-state index in [4.69, 9.17) is 0 Å². The van der Waals surface area contributed by atoms with Crippen LogP contribution in [0.4, 0.5) is 0 Å². The molecule has 0 bridgehead atoms. The van der Waals surface area contributed by atoms with Crippen molar-refractivity contribution in [2.45, 2.75) is 32.2 Å². The van der Waals surface area contributed by atoms with Gasteiger partial charge in [0.15, 0.2) is 0 Å². The highest BCUT2D eigenvalue weighted by Crippen LogP contribution is 2.17. The maximum Gasteiger partial charge on any atom is 0.251 e. The van der Waals surface area contributed by atoms with Crippen molar-refractivity contribution in [3.63, 3.8) is 0 Å². The quantitative estimate of drug-likeness (QED) is 0.741. The monoisotopic (exact) mass is 339 g/mol. The summed E-state index contributed by atoms with van der Waals surface area (Å²) in [7, 11) is 1.61. The van der Waals surface area contributed by atoms with E-state index in [1.807, 2.05) is 18.2 Å². The average Bonchev–Trinajstić information content (AvgIpc) is 2.58. The Balaban J connectivity index is 0.00000264. The van der Waals surface area contributed by atoms with Gasteiger partial charge in [-0.25, -0.2) is 0 Å². The molecule has 3 N–H and O–H groups in total. The molecule has 5 nitrogen and oxygen atoms in total. The van der Waals surface area contributed by atoms with Crippen molar-refractivity contribution in [3.05, 3.63) is 35.4 Å². The number of piperidine rings is 1. The second-order valence-corrected chi connectivity index (χ2v) is 5.79. The van der Waals surface area contributed by atoms with E-state index in [9.17, 15) is 9.59 Å². The molecular formula is C17H26ClN3O2. The van der Waals surface area contributed by atoms with E-state index in [1.165, 1.54) is 12.8 Å². The number of hydrogen-bond acceptors (Lipinski definition) is 3. The van der Waals surface area contributed by atoms with E-state index in [2.05, 4.69) is 16.0 Å². The topological polar surface area (TPSA) is 70.2 Å². The van der Waals surface area contributed by atoms with E-state index < -0.39 is 0 Å². The SMILES string of the molecule is CNC(=O)c1cccc(CNC(=O)CCC2CCNCC2)c1.Cl. The zero-order valence-corrected chi connectivity index (χ0v) is 14.4. The van der Waals surface area contributed by atoms with Gasteiger partial charge in [-0.15, -0.1) is 12.4 Å². The number of hydrogen-bond donors (Lipinski definition) is 3. The van der Waals surface area contributed by atoms with Gasteiger partial charge in [0.1, 0.15) is 0 Å². The molecule has 2 amide bonds. The minimum atomic E-state index is -0.112. The Morgan fingerprint density at radius 3 is 2.70 bits per heavy atom. The lowest BCUT2D eigenvalue weighted by molar-refractivity contribution is -0.121. The van der Waals surface area contributed by atoms with Gasteiger partial charge >= 0.3 is 0 Å². The minimum Gasteiger partial charge on any atom is -0.355 e. The van der Waals surface area contributed by atoms with Gasteiger partial charge in [0.05, 0.1) is 0 Å². The first-order valence-electron chi connectivity index (χ1n) is 7.97. The van der Waals surface area contributed by atoms with Crippen LogP contribution in [-0.2, 0) is 11.3 Å². The molecule has 1 aromatic carbocycles. The molecule has 1 aliphatic heterocycles. The first-order chi connectivity index (χ1) is 10.7. The van der Waals surface area contributed by atoms with Crippen LogP contribution in [0, 0.1) is 5.92 Å². The van der Waals surface area contributed by atoms with Crippen LogP contribution in [0.15, 0.2) is 24.3 Å². The molecular weight excluding hydrogens is 314 g/mol. The van der Waals surface area contributed by atoms with Crippen LogP contribution in [0.25, 0.3) is 0 Å². The van der Waals surface area contributed by atoms with Crippen LogP contribution in [-0.4, -0.2) is 32.0 Å². The zero-order valence-electron chi connectivity index (χ0n) is 13.6. The summed E-state index contributed by atoms with van der Waals surface area (Å²) in [6, 6.07) is 7.33. The number of rotatable bonds is 6. The molecule has 1 aromatic rings. The molecule has 128 valence electrons. The Morgan fingerprint density at radius 1 is 1.26 bits per heavy atom. The molecule has 1 heterocycles. The predicted octanol–water partition coefficient (Wildman–Crippen LogP) is 1.86. The van der Waals surface area contributed by atoms with Crippen LogP contribution < -0.4 is 16.0 Å². The summed E-state index contributed by atoms with van der Waals surface area (Å²) in [4.78, 5) is 23.5. The second kappa shape index (κ2) is 10.2. The first-order valence-corrected chi connectivity index (χ1v) is 7.97. The lowest BCUT2D eigenvalue weighted by Gasteiger charge is -2.22. The molecule has 0 aliphatic carbocycles. The number of halogens is 1. The molecule has 0 spiro atoms. The Morgan fingerprint density at radius 2 is 2.00 bits per heavy atom. The maximum absolute atomic E-state index is 11.9. The van der Waals surface area contributed by atoms with Gasteiger partial charge in [-0.1, -0.05) is 12.1 Å². The summed E-state index contributed by atoms with van der Waals surface area (Å²) < 4.78 is 0. The minimum absolute atomic E-state index is 0. The van der Waals surface area contributed by atoms with Crippen molar-refractivity contribution >= 4 is 24.2 Å². The number of amides is 2. The lowest BCUT2D eigenvalue weighted by atomic mass is 9.93. The van der Waals surface area contributed by atoms with Crippen molar-refractivity contribution in [2.75, 3.05) is 20.1 Å². The lowest BCUT2D eigenvalue weighted by Crippen LogP contribution is -2.29. The molecule has 0 unspecified atom stereocenters. The van der Waals surface area contributed by atoms with Crippen LogP contribution >= 0.6 is 12.4 Å². The Bertz CT molecular complexity index is 516. The Kier molecular flexibility index (Phi) is 8.66. The number of nitrogens with one attached hydrogen (secondary N) is 3. The summed E-state index contributed by atoms with van der Waals surface area (Å²) >= 11 is 0. The maximum atomic E-state index is 11.9. The summed E-state index contributed by atoms with van der Waals surface area (Å²) in [5.41, 5.74) is 1.56. The highest BCUT2D eigenvalue weighted by atomic mass is 35.5. The van der Waals surface area contributed by atoms with Crippen molar-refractivity contribution in [1.29, 1.82) is 0 Å². The van der Waals surface area contributed by atoms with Gasteiger partial charge in [-0.3, -0.25) is 9.59 Å². The van der Waals surface area contributed by atoms with Crippen LogP contribution in [0.2, 0.25) is 0 Å². The summed E-state index contributed by atoms with van der Waals surface area (Å²) in [5.74, 6) is 0.645. The highest BCUT2D eigenvalue weighted by molar-refractivity contribution is 5.94. The fourth-order valence-corrected chi connectivity index (χ4v) is 2.76. The number of carbonyl (C=O) groups is 2. The van der Waals surface area contributed by atoms with Gasteiger partial charge in [0.2, 0.25) is 5.91 Å². The molecule has 0 aromatic heterocycles. The predicted molar refractivity (Wildman–Crippen MR) is 93.8 cm³/mol. The molecule has 6 heteroatoms. The third-order valence-corrected chi connectivity index (χ3v) is 4.14. The van der Waals surface area contributed by atoms with E-state index in [0.717, 1.165) is 25.1 Å². The fraction of sp³-hybridized carbons (Fsp3) is 0.529. The average molecular weight is 340 g/mol. The van der Waals surface area contributed by atoms with Gasteiger partial charge in [0.25, 0.3) is 5.91 Å². The number of benzene rings is 1. The molecule has 23 heavy (non-hydrogen) atoms. The van der Waals surface area contributed by atoms with Crippen LogP contribution in [0.3, 0.4) is 0 Å². The van der Waals surface area contributed by atoms with Gasteiger partial charge in [-0.05, 0) is 56.0 Å². The van der Waals surface area contributed by atoms with E-state index >= 15 is 0 Å². The third kappa shape index (κ3) is 6.59. The van der Waals surface area contributed by atoms with E-state index in [-0.39, 0.29) is 24.2 Å². The van der Waals surface area contributed by atoms with Crippen molar-refractivity contribution in [2.24, 2.45) is 5.92 Å². The number of carbonyl (C=O) groups excluding carboxylic acids is 2. The van der Waals surface area contributed by atoms with Crippen molar-refractivity contribution < 1.29 is 9.59 Å². The summed E-state index contributed by atoms with van der Waals surface area (Å²) in [6.07, 6.45) is 3.88. The third-order valence-electron chi connectivity index (χ3n) is 4.14. The van der Waals surface area contributed by atoms with Gasteiger partial charge in [-0.2, -0.15) is 0 Å². The molecule has 1 saturated heterocycles. The van der Waals surface area contributed by atoms with Gasteiger partial charge in [0, 0.05) is 25.6 Å². The highest BCUT2D eigenvalue weighted by Gasteiger charge is 2.14. The molecule has 0 saturated carbocycles. The largest absolute Gasteiger partial charge is 0.355 e. The second-order valence-electron chi connectivity index (χ2n) is 5.79. The molecule has 0 radical (unpaired) electrons. The fourth-order valence-electron chi connectivity index (χ4n) is 2.76. The Labute approximate surface area is 144 Å². The Hall–Kier alpha value is -1.59. The first kappa shape index (κ1) is 19.5. The molecule has 1 aliphatic rings. The van der Waals surface area contributed by atoms with Crippen molar-refractivity contribution in [3.8, 4) is 0 Å². The smallest absolute Gasteiger partial charge is 0.251 e. The van der Waals surface area contributed by atoms with Crippen molar-refractivity contribution in [1.82, 2.24) is 16.0 Å². The van der Waals surface area contributed by atoms with Crippen LogP contribution in [0.1, 0.15) is 41.6 Å². The summed E-state index contributed by atoms with van der Waals surface area (Å²) in [5, 5.41) is 8.87. The molecule has 2 rings (SSSR count). The standard InChI is InChI=1S/C17H25N3O2.ClH/c1-18-17(22)15-4-2-3-14(11-15)12-20-16(21)6-5-13-7-9-19-10-8-13;/h2-4,11,13,19H,5-10,12H2,1H3,(H,18,22)(H,20,21);1H. The van der Waals surface area contributed by atoms with Gasteiger partial charge < -0.3 is 16.0 Å². The molecule has 1 fully saturated rings.